The minimum Gasteiger partial charge on any atom is -0.465 e. The van der Waals surface area contributed by atoms with Crippen molar-refractivity contribution in [2.24, 2.45) is 0 Å². The van der Waals surface area contributed by atoms with Crippen molar-refractivity contribution in [1.29, 1.82) is 0 Å². The number of ether oxygens (including phenoxy) is 1. The predicted octanol–water partition coefficient (Wildman–Crippen LogP) is 4.21. The summed E-state index contributed by atoms with van der Waals surface area (Å²) in [6, 6.07) is 10.4. The van der Waals surface area contributed by atoms with Crippen LogP contribution in [0.15, 0.2) is 40.9 Å². The number of nitrogens with one attached hydrogen (secondary N) is 1. The number of halogens is 2. The third-order valence-electron chi connectivity index (χ3n) is 2.69. The Labute approximate surface area is 130 Å². The minimum absolute atomic E-state index is 0.351. The summed E-state index contributed by atoms with van der Waals surface area (Å²) in [5.74, 6) is -0.467. The molecule has 4 nitrogen and oxygen atoms in total. The number of benzene rings is 2. The molecule has 0 aliphatic carbocycles. The summed E-state index contributed by atoms with van der Waals surface area (Å²) in [4.78, 5) is 11.8. The van der Waals surface area contributed by atoms with E-state index in [9.17, 15) is 4.79 Å². The van der Waals surface area contributed by atoms with E-state index in [0.717, 1.165) is 4.47 Å². The maximum atomic E-state index is 11.8. The second-order valence-electron chi connectivity index (χ2n) is 4.01. The summed E-state index contributed by atoms with van der Waals surface area (Å²) in [6.45, 7) is 0. The van der Waals surface area contributed by atoms with E-state index in [1.807, 2.05) is 6.07 Å². The zero-order valence-corrected chi connectivity index (χ0v) is 13.0. The quantitative estimate of drug-likeness (QED) is 0.639. The Balaban J connectivity index is 2.47. The standard InChI is InChI=1S/C14H12BrClN2O2/c1-20-14(19)9-3-2-4-11(17)13(9)18-12-7-8(15)5-6-10(12)16/h2-7,18H,17H2,1H3. The Morgan fingerprint density at radius 1 is 1.35 bits per heavy atom. The minimum atomic E-state index is -0.467. The zero-order chi connectivity index (χ0) is 14.7. The van der Waals surface area contributed by atoms with Crippen molar-refractivity contribution >= 4 is 50.6 Å². The van der Waals surface area contributed by atoms with Crippen molar-refractivity contribution in [3.63, 3.8) is 0 Å². The van der Waals surface area contributed by atoms with Gasteiger partial charge in [-0.25, -0.2) is 4.79 Å². The summed E-state index contributed by atoms with van der Waals surface area (Å²) in [5.41, 5.74) is 7.82. The number of para-hydroxylation sites is 1. The normalized spacial score (nSPS) is 10.2. The molecule has 2 aromatic rings. The SMILES string of the molecule is COC(=O)c1cccc(N)c1Nc1cc(Br)ccc1Cl. The van der Waals surface area contributed by atoms with Gasteiger partial charge in [-0.3, -0.25) is 0 Å². The monoisotopic (exact) mass is 354 g/mol. The first-order chi connectivity index (χ1) is 9.52. The molecule has 104 valence electrons. The number of hydrogen-bond donors (Lipinski definition) is 2. The van der Waals surface area contributed by atoms with E-state index < -0.39 is 5.97 Å². The lowest BCUT2D eigenvalue weighted by molar-refractivity contribution is 0.0602. The molecule has 2 rings (SSSR count). The van der Waals surface area contributed by atoms with Gasteiger partial charge in [0, 0.05) is 4.47 Å². The number of nitrogens with two attached hydrogens (primary N) is 1. The van der Waals surface area contributed by atoms with E-state index >= 15 is 0 Å². The van der Waals surface area contributed by atoms with Crippen LogP contribution in [0.2, 0.25) is 5.02 Å². The molecule has 0 fully saturated rings. The largest absolute Gasteiger partial charge is 0.465 e. The van der Waals surface area contributed by atoms with Crippen LogP contribution in [0.25, 0.3) is 0 Å². The molecule has 0 heterocycles. The smallest absolute Gasteiger partial charge is 0.340 e. The fraction of sp³-hybridized carbons (Fsp3) is 0.0714. The molecule has 0 aromatic heterocycles. The van der Waals surface area contributed by atoms with Gasteiger partial charge in [-0.15, -0.1) is 0 Å². The lowest BCUT2D eigenvalue weighted by atomic mass is 10.1. The van der Waals surface area contributed by atoms with Gasteiger partial charge in [0.2, 0.25) is 0 Å². The molecule has 0 unspecified atom stereocenters. The van der Waals surface area contributed by atoms with Gasteiger partial charge in [-0.2, -0.15) is 0 Å². The van der Waals surface area contributed by atoms with Crippen molar-refractivity contribution in [2.45, 2.75) is 0 Å². The Morgan fingerprint density at radius 3 is 2.80 bits per heavy atom. The van der Waals surface area contributed by atoms with Crippen molar-refractivity contribution in [3.8, 4) is 0 Å². The molecule has 0 bridgehead atoms. The fourth-order valence-corrected chi connectivity index (χ4v) is 2.24. The lowest BCUT2D eigenvalue weighted by Gasteiger charge is -2.14. The number of rotatable bonds is 3. The Hall–Kier alpha value is -1.72. The molecular weight excluding hydrogens is 344 g/mol. The van der Waals surface area contributed by atoms with Crippen LogP contribution in [0.5, 0.6) is 0 Å². The van der Waals surface area contributed by atoms with E-state index in [2.05, 4.69) is 21.2 Å². The Kier molecular flexibility index (Phi) is 4.52. The van der Waals surface area contributed by atoms with Crippen LogP contribution in [0, 0.1) is 0 Å². The van der Waals surface area contributed by atoms with Crippen LogP contribution in [-0.2, 0) is 4.74 Å². The molecule has 0 atom stereocenters. The predicted molar refractivity (Wildman–Crippen MR) is 84.6 cm³/mol. The van der Waals surface area contributed by atoms with Gasteiger partial charge in [-0.05, 0) is 30.3 Å². The second kappa shape index (κ2) is 6.15. The van der Waals surface area contributed by atoms with Crippen LogP contribution >= 0.6 is 27.5 Å². The van der Waals surface area contributed by atoms with Crippen LogP contribution in [0.1, 0.15) is 10.4 Å². The number of hydrogen-bond acceptors (Lipinski definition) is 4. The summed E-state index contributed by atoms with van der Waals surface area (Å²) >= 11 is 9.49. The molecule has 0 radical (unpaired) electrons. The summed E-state index contributed by atoms with van der Waals surface area (Å²) < 4.78 is 5.61. The number of carbonyl (C=O) groups excluding carboxylic acids is 1. The average Bonchev–Trinajstić information content (AvgIpc) is 2.44. The highest BCUT2D eigenvalue weighted by atomic mass is 79.9. The van der Waals surface area contributed by atoms with Gasteiger partial charge in [0.25, 0.3) is 0 Å². The topological polar surface area (TPSA) is 64.3 Å². The highest BCUT2D eigenvalue weighted by molar-refractivity contribution is 9.10. The highest BCUT2D eigenvalue weighted by Crippen LogP contribution is 2.33. The molecule has 0 saturated carbocycles. The molecule has 0 spiro atoms. The van der Waals surface area contributed by atoms with Crippen LogP contribution in [0.3, 0.4) is 0 Å². The van der Waals surface area contributed by atoms with Gasteiger partial charge in [0.05, 0.1) is 34.8 Å². The maximum Gasteiger partial charge on any atom is 0.340 e. The number of nitrogen functional groups attached to an aromatic ring is 1. The Bertz CT molecular complexity index is 662. The number of methoxy groups -OCH3 is 1. The van der Waals surface area contributed by atoms with Gasteiger partial charge >= 0.3 is 5.97 Å². The van der Waals surface area contributed by atoms with Crippen LogP contribution < -0.4 is 11.1 Å². The van der Waals surface area contributed by atoms with E-state index in [1.54, 1.807) is 30.3 Å². The Morgan fingerprint density at radius 2 is 2.10 bits per heavy atom. The molecule has 6 heteroatoms. The first-order valence-corrected chi connectivity index (χ1v) is 6.89. The third kappa shape index (κ3) is 3.05. The van der Waals surface area contributed by atoms with Crippen molar-refractivity contribution in [2.75, 3.05) is 18.2 Å². The van der Waals surface area contributed by atoms with Gasteiger partial charge in [-0.1, -0.05) is 33.6 Å². The van der Waals surface area contributed by atoms with Crippen LogP contribution in [-0.4, -0.2) is 13.1 Å². The summed E-state index contributed by atoms with van der Waals surface area (Å²) in [7, 11) is 1.32. The fourth-order valence-electron chi connectivity index (χ4n) is 1.72. The van der Waals surface area contributed by atoms with E-state index in [0.29, 0.717) is 27.6 Å². The van der Waals surface area contributed by atoms with E-state index in [4.69, 9.17) is 22.1 Å². The second-order valence-corrected chi connectivity index (χ2v) is 5.33. The molecule has 0 saturated heterocycles. The lowest BCUT2D eigenvalue weighted by Crippen LogP contribution is -2.08. The molecular formula is C14H12BrClN2O2. The third-order valence-corrected chi connectivity index (χ3v) is 3.51. The average molecular weight is 356 g/mol. The molecule has 0 aliphatic rings. The van der Waals surface area contributed by atoms with Crippen molar-refractivity contribution in [3.05, 3.63) is 51.5 Å². The zero-order valence-electron chi connectivity index (χ0n) is 10.6. The van der Waals surface area contributed by atoms with Crippen molar-refractivity contribution in [1.82, 2.24) is 0 Å². The molecule has 0 amide bonds. The molecule has 2 aromatic carbocycles. The summed E-state index contributed by atoms with van der Waals surface area (Å²) in [5, 5.41) is 3.60. The number of carbonyl (C=O) groups is 1. The first kappa shape index (κ1) is 14.7. The van der Waals surface area contributed by atoms with Gasteiger partial charge < -0.3 is 15.8 Å². The van der Waals surface area contributed by atoms with Crippen LogP contribution in [0.4, 0.5) is 17.1 Å². The molecule has 20 heavy (non-hydrogen) atoms. The molecule has 3 N–H and O–H groups in total. The highest BCUT2D eigenvalue weighted by Gasteiger charge is 2.15. The van der Waals surface area contributed by atoms with E-state index in [1.165, 1.54) is 7.11 Å². The van der Waals surface area contributed by atoms with Gasteiger partial charge in [0.1, 0.15) is 0 Å². The summed E-state index contributed by atoms with van der Waals surface area (Å²) in [6.07, 6.45) is 0. The maximum absolute atomic E-state index is 11.8. The molecule has 0 aliphatic heterocycles. The van der Waals surface area contributed by atoms with Crippen molar-refractivity contribution < 1.29 is 9.53 Å². The first-order valence-electron chi connectivity index (χ1n) is 5.72. The van der Waals surface area contributed by atoms with E-state index in [-0.39, 0.29) is 0 Å². The van der Waals surface area contributed by atoms with Gasteiger partial charge in [0.15, 0.2) is 0 Å². The number of esters is 1. The number of anilines is 3.